The molecular formula is C13H14N4O2S. The molecule has 0 saturated heterocycles. The number of carbonyl (C=O) groups excluding carboxylic acids is 1. The predicted molar refractivity (Wildman–Crippen MR) is 76.9 cm³/mol. The Morgan fingerprint density at radius 3 is 2.70 bits per heavy atom. The highest BCUT2D eigenvalue weighted by Crippen LogP contribution is 2.17. The topological polar surface area (TPSA) is 91.0 Å². The van der Waals surface area contributed by atoms with E-state index in [0.29, 0.717) is 17.3 Å². The Bertz CT molecular complexity index is 589. The van der Waals surface area contributed by atoms with Crippen LogP contribution in [-0.2, 0) is 0 Å². The number of hydrogen-bond acceptors (Lipinski definition) is 7. The molecule has 0 fully saturated rings. The highest BCUT2D eigenvalue weighted by Gasteiger charge is 2.08. The summed E-state index contributed by atoms with van der Waals surface area (Å²) in [4.78, 5) is 23.6. The average Bonchev–Trinajstić information content (AvgIpc) is 2.46. The SMILES string of the molecule is CCOc1ccc(C(=O)CSc2ncnc(N)n2)cc1. The van der Waals surface area contributed by atoms with E-state index in [1.165, 1.54) is 18.1 Å². The minimum atomic E-state index is -0.00275. The van der Waals surface area contributed by atoms with E-state index in [4.69, 9.17) is 10.5 Å². The van der Waals surface area contributed by atoms with Gasteiger partial charge in [0.1, 0.15) is 12.1 Å². The summed E-state index contributed by atoms with van der Waals surface area (Å²) >= 11 is 1.23. The number of rotatable bonds is 6. The molecule has 104 valence electrons. The molecule has 0 aliphatic heterocycles. The van der Waals surface area contributed by atoms with E-state index < -0.39 is 0 Å². The summed E-state index contributed by atoms with van der Waals surface area (Å²) in [7, 11) is 0. The van der Waals surface area contributed by atoms with Gasteiger partial charge in [0.25, 0.3) is 0 Å². The fraction of sp³-hybridized carbons (Fsp3) is 0.231. The fourth-order valence-corrected chi connectivity index (χ4v) is 2.19. The Labute approximate surface area is 120 Å². The van der Waals surface area contributed by atoms with Crippen molar-refractivity contribution in [1.82, 2.24) is 15.0 Å². The summed E-state index contributed by atoms with van der Waals surface area (Å²) < 4.78 is 5.33. The van der Waals surface area contributed by atoms with Crippen molar-refractivity contribution in [3.05, 3.63) is 36.2 Å². The van der Waals surface area contributed by atoms with Crippen molar-refractivity contribution >= 4 is 23.5 Å². The molecule has 0 bridgehead atoms. The van der Waals surface area contributed by atoms with Crippen molar-refractivity contribution in [3.63, 3.8) is 0 Å². The molecule has 0 aliphatic carbocycles. The van der Waals surface area contributed by atoms with E-state index in [0.717, 1.165) is 5.75 Å². The van der Waals surface area contributed by atoms with E-state index >= 15 is 0 Å². The number of nitrogens with zero attached hydrogens (tertiary/aromatic N) is 3. The lowest BCUT2D eigenvalue weighted by Crippen LogP contribution is -2.04. The van der Waals surface area contributed by atoms with Gasteiger partial charge in [-0.05, 0) is 31.2 Å². The van der Waals surface area contributed by atoms with Gasteiger partial charge in [-0.15, -0.1) is 0 Å². The van der Waals surface area contributed by atoms with Crippen molar-refractivity contribution in [2.24, 2.45) is 0 Å². The maximum Gasteiger partial charge on any atom is 0.223 e. The zero-order chi connectivity index (χ0) is 14.4. The molecule has 0 radical (unpaired) electrons. The van der Waals surface area contributed by atoms with Crippen LogP contribution in [0.25, 0.3) is 0 Å². The van der Waals surface area contributed by atoms with Crippen LogP contribution in [0.2, 0.25) is 0 Å². The first-order chi connectivity index (χ1) is 9.69. The first kappa shape index (κ1) is 14.3. The van der Waals surface area contributed by atoms with Crippen molar-refractivity contribution < 1.29 is 9.53 Å². The molecule has 7 heteroatoms. The maximum absolute atomic E-state index is 12.0. The van der Waals surface area contributed by atoms with Crippen molar-refractivity contribution in [2.45, 2.75) is 12.1 Å². The second-order valence-corrected chi connectivity index (χ2v) is 4.74. The Hall–Kier alpha value is -2.15. The van der Waals surface area contributed by atoms with Crippen LogP contribution in [-0.4, -0.2) is 33.1 Å². The number of thioether (sulfide) groups is 1. The molecule has 0 amide bonds. The lowest BCUT2D eigenvalue weighted by Gasteiger charge is -2.04. The number of nitrogen functional groups attached to an aromatic ring is 1. The molecule has 2 aromatic rings. The third-order valence-corrected chi connectivity index (χ3v) is 3.25. The van der Waals surface area contributed by atoms with Crippen LogP contribution in [0.4, 0.5) is 5.95 Å². The quantitative estimate of drug-likeness (QED) is 0.641. The molecule has 0 saturated carbocycles. The fourth-order valence-electron chi connectivity index (χ4n) is 1.48. The van der Waals surface area contributed by atoms with Crippen LogP contribution in [0.15, 0.2) is 35.7 Å². The number of anilines is 1. The van der Waals surface area contributed by atoms with Gasteiger partial charge in [-0.3, -0.25) is 4.79 Å². The lowest BCUT2D eigenvalue weighted by atomic mass is 10.1. The Morgan fingerprint density at radius 2 is 2.05 bits per heavy atom. The number of Topliss-reactive ketones (excluding diaryl/α,β-unsaturated/α-hetero) is 1. The number of hydrogen-bond donors (Lipinski definition) is 1. The molecule has 2 rings (SSSR count). The largest absolute Gasteiger partial charge is 0.494 e. The summed E-state index contributed by atoms with van der Waals surface area (Å²) in [5, 5.41) is 0.441. The standard InChI is InChI=1S/C13H14N4O2S/c1-2-19-10-5-3-9(4-6-10)11(18)7-20-13-16-8-15-12(14)17-13/h3-6,8H,2,7H2,1H3,(H2,14,15,16,17). The van der Waals surface area contributed by atoms with Gasteiger partial charge in [0, 0.05) is 5.56 Å². The molecule has 0 unspecified atom stereocenters. The molecule has 1 heterocycles. The Kier molecular flexibility index (Phi) is 4.89. The van der Waals surface area contributed by atoms with Gasteiger partial charge in [0.05, 0.1) is 12.4 Å². The van der Waals surface area contributed by atoms with Crippen molar-refractivity contribution in [1.29, 1.82) is 0 Å². The highest BCUT2D eigenvalue weighted by molar-refractivity contribution is 7.99. The van der Waals surface area contributed by atoms with Gasteiger partial charge in [0.15, 0.2) is 10.9 Å². The van der Waals surface area contributed by atoms with Crippen LogP contribution in [0.1, 0.15) is 17.3 Å². The van der Waals surface area contributed by atoms with Crippen LogP contribution in [0.5, 0.6) is 5.75 Å². The molecule has 0 aliphatic rings. The van der Waals surface area contributed by atoms with Crippen LogP contribution in [0.3, 0.4) is 0 Å². The summed E-state index contributed by atoms with van der Waals surface area (Å²) in [5.74, 6) is 1.15. The number of aromatic nitrogens is 3. The third kappa shape index (κ3) is 3.92. The summed E-state index contributed by atoms with van der Waals surface area (Å²) in [5.41, 5.74) is 6.07. The Morgan fingerprint density at radius 1 is 1.30 bits per heavy atom. The molecule has 0 atom stereocenters. The number of ether oxygens (including phenoxy) is 1. The summed E-state index contributed by atoms with van der Waals surface area (Å²) in [6, 6.07) is 7.05. The molecular weight excluding hydrogens is 276 g/mol. The lowest BCUT2D eigenvalue weighted by molar-refractivity contribution is 0.102. The first-order valence-corrected chi connectivity index (χ1v) is 7.01. The zero-order valence-corrected chi connectivity index (χ0v) is 11.8. The number of ketones is 1. The third-order valence-electron chi connectivity index (χ3n) is 2.39. The van der Waals surface area contributed by atoms with Gasteiger partial charge in [0.2, 0.25) is 5.95 Å². The van der Waals surface area contributed by atoms with E-state index in [-0.39, 0.29) is 17.5 Å². The predicted octanol–water partition coefficient (Wildman–Crippen LogP) is 1.83. The number of benzene rings is 1. The minimum absolute atomic E-state index is 0.00275. The van der Waals surface area contributed by atoms with E-state index in [2.05, 4.69) is 15.0 Å². The molecule has 2 N–H and O–H groups in total. The average molecular weight is 290 g/mol. The van der Waals surface area contributed by atoms with Gasteiger partial charge in [-0.2, -0.15) is 4.98 Å². The van der Waals surface area contributed by atoms with Crippen LogP contribution < -0.4 is 10.5 Å². The normalized spacial score (nSPS) is 10.2. The monoisotopic (exact) mass is 290 g/mol. The van der Waals surface area contributed by atoms with Gasteiger partial charge >= 0.3 is 0 Å². The molecule has 1 aromatic heterocycles. The zero-order valence-electron chi connectivity index (χ0n) is 10.9. The van der Waals surface area contributed by atoms with E-state index in [1.54, 1.807) is 24.3 Å². The molecule has 1 aromatic carbocycles. The maximum atomic E-state index is 12.0. The molecule has 20 heavy (non-hydrogen) atoms. The second-order valence-electron chi connectivity index (χ2n) is 3.80. The first-order valence-electron chi connectivity index (χ1n) is 6.02. The minimum Gasteiger partial charge on any atom is -0.494 e. The molecule has 6 nitrogen and oxygen atoms in total. The Balaban J connectivity index is 1.94. The smallest absolute Gasteiger partial charge is 0.223 e. The van der Waals surface area contributed by atoms with Gasteiger partial charge in [-0.25, -0.2) is 9.97 Å². The van der Waals surface area contributed by atoms with Crippen LogP contribution >= 0.6 is 11.8 Å². The second kappa shape index (κ2) is 6.85. The van der Waals surface area contributed by atoms with E-state index in [9.17, 15) is 4.79 Å². The van der Waals surface area contributed by atoms with Gasteiger partial charge < -0.3 is 10.5 Å². The number of nitrogens with two attached hydrogens (primary N) is 1. The molecule has 0 spiro atoms. The van der Waals surface area contributed by atoms with Crippen LogP contribution in [0, 0.1) is 0 Å². The van der Waals surface area contributed by atoms with Crippen molar-refractivity contribution in [2.75, 3.05) is 18.1 Å². The van der Waals surface area contributed by atoms with Crippen molar-refractivity contribution in [3.8, 4) is 5.75 Å². The highest BCUT2D eigenvalue weighted by atomic mass is 32.2. The van der Waals surface area contributed by atoms with Gasteiger partial charge in [-0.1, -0.05) is 11.8 Å². The number of carbonyl (C=O) groups is 1. The summed E-state index contributed by atoms with van der Waals surface area (Å²) in [6.07, 6.45) is 1.33. The summed E-state index contributed by atoms with van der Waals surface area (Å²) in [6.45, 7) is 2.51. The van der Waals surface area contributed by atoms with E-state index in [1.807, 2.05) is 6.92 Å².